The summed E-state index contributed by atoms with van der Waals surface area (Å²) >= 11 is 1.35. The number of hydrogen-bond acceptors (Lipinski definition) is 6. The normalized spacial score (nSPS) is 17.3. The van der Waals surface area contributed by atoms with Gasteiger partial charge in [0.1, 0.15) is 5.92 Å². The second kappa shape index (κ2) is 8.28. The molecule has 138 valence electrons. The molecule has 9 heteroatoms. The summed E-state index contributed by atoms with van der Waals surface area (Å²) in [6, 6.07) is -0.424. The van der Waals surface area contributed by atoms with Crippen molar-refractivity contribution in [1.29, 1.82) is 0 Å². The first-order valence-corrected chi connectivity index (χ1v) is 9.06. The maximum atomic E-state index is 12.2. The molecule has 2 N–H and O–H groups in total. The van der Waals surface area contributed by atoms with Crippen LogP contribution in [0.3, 0.4) is 0 Å². The number of rotatable bonds is 6. The first-order chi connectivity index (χ1) is 11.8. The summed E-state index contributed by atoms with van der Waals surface area (Å²) in [5, 5.41) is 12.0. The van der Waals surface area contributed by atoms with Gasteiger partial charge in [0.05, 0.1) is 18.2 Å². The van der Waals surface area contributed by atoms with Gasteiger partial charge in [-0.05, 0) is 26.2 Å². The highest BCUT2D eigenvalue weighted by Gasteiger charge is 2.31. The van der Waals surface area contributed by atoms with Crippen LogP contribution >= 0.6 is 11.3 Å². The average Bonchev–Trinajstić information content (AvgIpc) is 2.96. The molecular weight excluding hydrogens is 346 g/mol. The van der Waals surface area contributed by atoms with Gasteiger partial charge >= 0.3 is 18.0 Å². The number of anilines is 1. The van der Waals surface area contributed by atoms with Gasteiger partial charge < -0.3 is 14.7 Å². The zero-order chi connectivity index (χ0) is 18.6. The summed E-state index contributed by atoms with van der Waals surface area (Å²) in [5.41, 5.74) is 0.687. The van der Waals surface area contributed by atoms with Crippen molar-refractivity contribution in [2.45, 2.75) is 39.0 Å². The molecule has 2 rings (SSSR count). The minimum absolute atomic E-state index is 0.0949. The molecule has 1 aliphatic carbocycles. The zero-order valence-corrected chi connectivity index (χ0v) is 15.4. The van der Waals surface area contributed by atoms with Gasteiger partial charge in [0.25, 0.3) is 0 Å². The number of carbonyl (C=O) groups excluding carboxylic acids is 2. The fourth-order valence-corrected chi connectivity index (χ4v) is 3.76. The third-order valence-electron chi connectivity index (χ3n) is 4.06. The number of amides is 2. The zero-order valence-electron chi connectivity index (χ0n) is 14.6. The first kappa shape index (κ1) is 19.2. The molecule has 1 heterocycles. The molecule has 2 atom stereocenters. The predicted molar refractivity (Wildman–Crippen MR) is 92.9 cm³/mol. The van der Waals surface area contributed by atoms with Crippen molar-refractivity contribution in [1.82, 2.24) is 9.88 Å². The van der Waals surface area contributed by atoms with Gasteiger partial charge in [0, 0.05) is 18.5 Å². The Morgan fingerprint density at radius 3 is 2.84 bits per heavy atom. The average molecular weight is 369 g/mol. The van der Waals surface area contributed by atoms with E-state index < -0.39 is 17.9 Å². The number of aromatic nitrogens is 1. The van der Waals surface area contributed by atoms with Crippen LogP contribution in [-0.2, 0) is 20.7 Å². The number of fused-ring (bicyclic) bond motifs is 1. The maximum absolute atomic E-state index is 12.2. The van der Waals surface area contributed by atoms with Gasteiger partial charge in [-0.2, -0.15) is 0 Å². The number of thiazole rings is 1. The summed E-state index contributed by atoms with van der Waals surface area (Å²) in [5.74, 6) is -2.27. The molecule has 1 aliphatic rings. The number of esters is 1. The lowest BCUT2D eigenvalue weighted by atomic mass is 9.91. The molecule has 8 nitrogen and oxygen atoms in total. The van der Waals surface area contributed by atoms with Crippen LogP contribution in [0.25, 0.3) is 0 Å². The van der Waals surface area contributed by atoms with E-state index in [1.807, 2.05) is 0 Å². The van der Waals surface area contributed by atoms with Crippen LogP contribution in [0.15, 0.2) is 0 Å². The Morgan fingerprint density at radius 1 is 1.48 bits per heavy atom. The van der Waals surface area contributed by atoms with E-state index in [1.165, 1.54) is 30.2 Å². The molecular formula is C16H23N3O5S. The van der Waals surface area contributed by atoms with Crippen molar-refractivity contribution in [3.63, 3.8) is 0 Å². The van der Waals surface area contributed by atoms with Crippen LogP contribution < -0.4 is 5.32 Å². The highest BCUT2D eigenvalue weighted by Crippen LogP contribution is 2.37. The van der Waals surface area contributed by atoms with E-state index >= 15 is 0 Å². The first-order valence-electron chi connectivity index (χ1n) is 8.24. The lowest BCUT2D eigenvalue weighted by Crippen LogP contribution is -2.36. The van der Waals surface area contributed by atoms with E-state index in [1.54, 1.807) is 6.92 Å². The molecule has 0 radical (unpaired) electrons. The van der Waals surface area contributed by atoms with Gasteiger partial charge in [-0.15, -0.1) is 11.3 Å². The van der Waals surface area contributed by atoms with Crippen LogP contribution in [0.4, 0.5) is 9.93 Å². The highest BCUT2D eigenvalue weighted by atomic mass is 32.1. The lowest BCUT2D eigenvalue weighted by Gasteiger charge is -2.19. The number of ether oxygens (including phenoxy) is 1. The summed E-state index contributed by atoms with van der Waals surface area (Å²) in [6.45, 7) is 3.73. The number of nitrogens with one attached hydrogen (secondary N) is 1. The van der Waals surface area contributed by atoms with Crippen molar-refractivity contribution < 1.29 is 24.2 Å². The molecule has 0 aromatic carbocycles. The molecule has 25 heavy (non-hydrogen) atoms. The van der Waals surface area contributed by atoms with Crippen LogP contribution in [0.2, 0.25) is 0 Å². The predicted octanol–water partition coefficient (Wildman–Crippen LogP) is 2.31. The molecule has 0 spiro atoms. The number of carboxylic acids is 1. The van der Waals surface area contributed by atoms with Crippen molar-refractivity contribution in [3.05, 3.63) is 10.6 Å². The molecule has 0 bridgehead atoms. The Kier molecular flexibility index (Phi) is 6.35. The lowest BCUT2D eigenvalue weighted by molar-refractivity contribution is -0.145. The van der Waals surface area contributed by atoms with Crippen LogP contribution in [-0.4, -0.2) is 53.2 Å². The molecule has 0 fully saturated rings. The summed E-state index contributed by atoms with van der Waals surface area (Å²) in [6.07, 6.45) is 2.39. The van der Waals surface area contributed by atoms with E-state index in [4.69, 9.17) is 9.84 Å². The van der Waals surface area contributed by atoms with Crippen LogP contribution in [0.1, 0.15) is 43.2 Å². The SMILES string of the molecule is CCOC(=O)C1CCCc2sc(NC(=O)N(C)CC(C)C(=O)O)nc21. The Hall–Kier alpha value is -2.16. The number of carboxylic acid groups (broad SMARTS) is 1. The van der Waals surface area contributed by atoms with Crippen molar-refractivity contribution in [2.75, 3.05) is 25.5 Å². The number of nitrogens with zero attached hydrogens (tertiary/aromatic N) is 2. The summed E-state index contributed by atoms with van der Waals surface area (Å²) in [7, 11) is 1.53. The van der Waals surface area contributed by atoms with E-state index in [-0.39, 0.29) is 18.4 Å². The third kappa shape index (κ3) is 4.68. The minimum atomic E-state index is -0.957. The van der Waals surface area contributed by atoms with Gasteiger partial charge in [0.2, 0.25) is 0 Å². The second-order valence-electron chi connectivity index (χ2n) is 6.07. The number of urea groups is 1. The van der Waals surface area contributed by atoms with Crippen molar-refractivity contribution >= 4 is 34.4 Å². The van der Waals surface area contributed by atoms with Gasteiger partial charge in [-0.1, -0.05) is 6.92 Å². The number of carbonyl (C=O) groups is 3. The molecule has 0 saturated carbocycles. The second-order valence-corrected chi connectivity index (χ2v) is 7.16. The molecule has 1 aromatic rings. The molecule has 0 saturated heterocycles. The molecule has 0 aliphatic heterocycles. The quantitative estimate of drug-likeness (QED) is 0.745. The summed E-state index contributed by atoms with van der Waals surface area (Å²) < 4.78 is 5.11. The van der Waals surface area contributed by atoms with Gasteiger partial charge in [-0.3, -0.25) is 14.9 Å². The fourth-order valence-electron chi connectivity index (χ4n) is 2.70. The Balaban J connectivity index is 2.06. The Morgan fingerprint density at radius 2 is 2.20 bits per heavy atom. The third-order valence-corrected chi connectivity index (χ3v) is 5.10. The molecule has 2 unspecified atom stereocenters. The van der Waals surface area contributed by atoms with Crippen LogP contribution in [0.5, 0.6) is 0 Å². The van der Waals surface area contributed by atoms with Crippen molar-refractivity contribution in [2.24, 2.45) is 5.92 Å². The Bertz CT molecular complexity index is 660. The summed E-state index contributed by atoms with van der Waals surface area (Å²) in [4.78, 5) is 41.9. The largest absolute Gasteiger partial charge is 0.481 e. The smallest absolute Gasteiger partial charge is 0.323 e. The van der Waals surface area contributed by atoms with Gasteiger partial charge in [-0.25, -0.2) is 9.78 Å². The number of aryl methyl sites for hydroxylation is 1. The van der Waals surface area contributed by atoms with E-state index in [0.29, 0.717) is 23.9 Å². The fraction of sp³-hybridized carbons (Fsp3) is 0.625. The standard InChI is InChI=1S/C16H23N3O5S/c1-4-24-14(22)10-6-5-7-11-12(10)17-15(25-11)18-16(23)19(3)8-9(2)13(20)21/h9-10H,4-8H2,1-3H3,(H,20,21)(H,17,18,23). The number of aliphatic carboxylic acids is 1. The minimum Gasteiger partial charge on any atom is -0.481 e. The Labute approximate surface area is 150 Å². The van der Waals surface area contributed by atoms with E-state index in [0.717, 1.165) is 17.7 Å². The molecule has 2 amide bonds. The topological polar surface area (TPSA) is 109 Å². The van der Waals surface area contributed by atoms with E-state index in [9.17, 15) is 14.4 Å². The monoisotopic (exact) mass is 369 g/mol. The molecule has 1 aromatic heterocycles. The van der Waals surface area contributed by atoms with Crippen LogP contribution in [0, 0.1) is 5.92 Å². The van der Waals surface area contributed by atoms with E-state index in [2.05, 4.69) is 10.3 Å². The maximum Gasteiger partial charge on any atom is 0.323 e. The van der Waals surface area contributed by atoms with Gasteiger partial charge in [0.15, 0.2) is 5.13 Å². The van der Waals surface area contributed by atoms with Crippen molar-refractivity contribution in [3.8, 4) is 0 Å². The highest BCUT2D eigenvalue weighted by molar-refractivity contribution is 7.15. The number of hydrogen-bond donors (Lipinski definition) is 2.